The van der Waals surface area contributed by atoms with Crippen molar-refractivity contribution in [3.05, 3.63) is 59.7 Å². The predicted octanol–water partition coefficient (Wildman–Crippen LogP) is 3.99. The van der Waals surface area contributed by atoms with Crippen LogP contribution >= 0.6 is 0 Å². The van der Waals surface area contributed by atoms with Crippen LogP contribution in [0, 0.1) is 18.4 Å². The SMILES string of the molecule is Cc1ccc(OS(=O)(=O)c2ccc(C#C[Si](C)(C)C)cc2)cc1. The number of hydrogen-bond donors (Lipinski definition) is 0. The van der Waals surface area contributed by atoms with E-state index in [-0.39, 0.29) is 4.90 Å². The molecule has 0 amide bonds. The fraction of sp³-hybridized carbons (Fsp3) is 0.222. The molecule has 0 aliphatic rings. The van der Waals surface area contributed by atoms with Crippen LogP contribution in [0.25, 0.3) is 0 Å². The third-order valence-electron chi connectivity index (χ3n) is 2.95. The van der Waals surface area contributed by atoms with Crippen LogP contribution in [0.4, 0.5) is 0 Å². The summed E-state index contributed by atoms with van der Waals surface area (Å²) in [5.41, 5.74) is 5.10. The summed E-state index contributed by atoms with van der Waals surface area (Å²) in [6.45, 7) is 8.41. The van der Waals surface area contributed by atoms with E-state index in [1.807, 2.05) is 6.92 Å². The first-order chi connectivity index (χ1) is 10.7. The number of rotatable bonds is 3. The monoisotopic (exact) mass is 344 g/mol. The van der Waals surface area contributed by atoms with E-state index in [4.69, 9.17) is 4.18 Å². The van der Waals surface area contributed by atoms with E-state index in [0.29, 0.717) is 5.75 Å². The lowest BCUT2D eigenvalue weighted by molar-refractivity contribution is 0.486. The summed E-state index contributed by atoms with van der Waals surface area (Å²) in [6.07, 6.45) is 0. The molecule has 5 heteroatoms. The van der Waals surface area contributed by atoms with Crippen LogP contribution < -0.4 is 4.18 Å². The van der Waals surface area contributed by atoms with E-state index < -0.39 is 18.2 Å². The minimum absolute atomic E-state index is 0.122. The quantitative estimate of drug-likeness (QED) is 0.480. The molecule has 0 aromatic heterocycles. The van der Waals surface area contributed by atoms with Gasteiger partial charge in [-0.05, 0) is 43.3 Å². The lowest BCUT2D eigenvalue weighted by Crippen LogP contribution is -2.16. The molecular formula is C18H20O3SSi. The van der Waals surface area contributed by atoms with Crippen LogP contribution in [-0.2, 0) is 10.1 Å². The minimum atomic E-state index is -3.83. The van der Waals surface area contributed by atoms with Crippen molar-refractivity contribution in [2.45, 2.75) is 31.5 Å². The van der Waals surface area contributed by atoms with Gasteiger partial charge in [-0.3, -0.25) is 0 Å². The van der Waals surface area contributed by atoms with Gasteiger partial charge in [-0.15, -0.1) is 5.54 Å². The molecule has 2 aromatic rings. The summed E-state index contributed by atoms with van der Waals surface area (Å²) in [5, 5.41) is 0. The summed E-state index contributed by atoms with van der Waals surface area (Å²) in [6, 6.07) is 13.4. The summed E-state index contributed by atoms with van der Waals surface area (Å²) < 4.78 is 29.7. The van der Waals surface area contributed by atoms with Gasteiger partial charge in [0.15, 0.2) is 0 Å². The summed E-state index contributed by atoms with van der Waals surface area (Å²) in [7, 11) is -5.28. The highest BCUT2D eigenvalue weighted by molar-refractivity contribution is 7.87. The smallest absolute Gasteiger partial charge is 0.339 e. The highest BCUT2D eigenvalue weighted by atomic mass is 32.2. The Bertz CT molecular complexity index is 834. The molecule has 23 heavy (non-hydrogen) atoms. The molecule has 0 N–H and O–H groups in total. The largest absolute Gasteiger partial charge is 0.379 e. The second-order valence-corrected chi connectivity index (χ2v) is 12.7. The molecule has 2 rings (SSSR count). The van der Waals surface area contributed by atoms with Crippen molar-refractivity contribution in [2.75, 3.05) is 0 Å². The van der Waals surface area contributed by atoms with Crippen LogP contribution in [-0.4, -0.2) is 16.5 Å². The average Bonchev–Trinajstić information content (AvgIpc) is 2.47. The Morgan fingerprint density at radius 1 is 0.913 bits per heavy atom. The minimum Gasteiger partial charge on any atom is -0.379 e. The third kappa shape index (κ3) is 5.27. The maximum atomic E-state index is 12.3. The van der Waals surface area contributed by atoms with Crippen molar-refractivity contribution in [1.29, 1.82) is 0 Å². The van der Waals surface area contributed by atoms with E-state index >= 15 is 0 Å². The van der Waals surface area contributed by atoms with E-state index in [1.165, 1.54) is 12.1 Å². The topological polar surface area (TPSA) is 43.4 Å². The Morgan fingerprint density at radius 2 is 1.48 bits per heavy atom. The van der Waals surface area contributed by atoms with Crippen LogP contribution in [0.2, 0.25) is 19.6 Å². The maximum absolute atomic E-state index is 12.3. The van der Waals surface area contributed by atoms with Crippen molar-refractivity contribution in [2.24, 2.45) is 0 Å². The predicted molar refractivity (Wildman–Crippen MR) is 95.7 cm³/mol. The van der Waals surface area contributed by atoms with Crippen molar-refractivity contribution < 1.29 is 12.6 Å². The molecular weight excluding hydrogens is 324 g/mol. The Labute approximate surface area is 139 Å². The molecule has 0 atom stereocenters. The van der Waals surface area contributed by atoms with Crippen LogP contribution in [0.1, 0.15) is 11.1 Å². The molecule has 0 fully saturated rings. The molecule has 0 aliphatic carbocycles. The first kappa shape index (κ1) is 17.3. The second-order valence-electron chi connectivity index (χ2n) is 6.37. The average molecular weight is 345 g/mol. The fourth-order valence-electron chi connectivity index (χ4n) is 1.73. The van der Waals surface area contributed by atoms with Crippen LogP contribution in [0.3, 0.4) is 0 Å². The third-order valence-corrected chi connectivity index (χ3v) is 5.09. The van der Waals surface area contributed by atoms with Crippen LogP contribution in [0.15, 0.2) is 53.4 Å². The van der Waals surface area contributed by atoms with Gasteiger partial charge in [0, 0.05) is 5.56 Å². The zero-order valence-corrected chi connectivity index (χ0v) is 15.6. The van der Waals surface area contributed by atoms with E-state index in [2.05, 4.69) is 31.1 Å². The lowest BCUT2D eigenvalue weighted by atomic mass is 10.2. The Morgan fingerprint density at radius 3 is 2.00 bits per heavy atom. The maximum Gasteiger partial charge on any atom is 0.339 e. The normalized spacial score (nSPS) is 11.5. The highest BCUT2D eigenvalue weighted by Crippen LogP contribution is 2.19. The first-order valence-electron chi connectivity index (χ1n) is 7.30. The molecule has 0 aliphatic heterocycles. The van der Waals surface area contributed by atoms with Crippen molar-refractivity contribution in [3.63, 3.8) is 0 Å². The summed E-state index contributed by atoms with van der Waals surface area (Å²) in [5.74, 6) is 3.40. The number of aryl methyl sites for hydroxylation is 1. The Balaban J connectivity index is 2.20. The molecule has 0 radical (unpaired) electrons. The van der Waals surface area contributed by atoms with Gasteiger partial charge in [-0.2, -0.15) is 8.42 Å². The van der Waals surface area contributed by atoms with Gasteiger partial charge < -0.3 is 4.18 Å². The van der Waals surface area contributed by atoms with E-state index in [1.54, 1.807) is 36.4 Å². The zero-order valence-electron chi connectivity index (χ0n) is 13.8. The van der Waals surface area contributed by atoms with Crippen molar-refractivity contribution in [3.8, 4) is 17.2 Å². The Hall–Kier alpha value is -2.03. The molecule has 0 saturated heterocycles. The van der Waals surface area contributed by atoms with Gasteiger partial charge in [0.05, 0.1) is 0 Å². The van der Waals surface area contributed by atoms with E-state index in [9.17, 15) is 8.42 Å². The van der Waals surface area contributed by atoms with Gasteiger partial charge in [-0.25, -0.2) is 0 Å². The molecule has 2 aromatic carbocycles. The van der Waals surface area contributed by atoms with E-state index in [0.717, 1.165) is 11.1 Å². The fourth-order valence-corrected chi connectivity index (χ4v) is 3.18. The van der Waals surface area contributed by atoms with Gasteiger partial charge in [-0.1, -0.05) is 43.3 Å². The molecule has 0 spiro atoms. The summed E-state index contributed by atoms with van der Waals surface area (Å²) >= 11 is 0. The summed E-state index contributed by atoms with van der Waals surface area (Å²) in [4.78, 5) is 0.122. The molecule has 120 valence electrons. The number of hydrogen-bond acceptors (Lipinski definition) is 3. The molecule has 0 heterocycles. The van der Waals surface area contributed by atoms with Gasteiger partial charge in [0.25, 0.3) is 0 Å². The van der Waals surface area contributed by atoms with Crippen molar-refractivity contribution in [1.82, 2.24) is 0 Å². The molecule has 0 bridgehead atoms. The lowest BCUT2D eigenvalue weighted by Gasteiger charge is -2.07. The molecule has 3 nitrogen and oxygen atoms in total. The first-order valence-corrected chi connectivity index (χ1v) is 12.2. The standard InChI is InChI=1S/C18H20O3SSi/c1-15-5-9-17(10-6-15)21-22(19,20)18-11-7-16(8-12-18)13-14-23(2,3)4/h5-12H,1-4H3. The molecule has 0 unspecified atom stereocenters. The van der Waals surface area contributed by atoms with Gasteiger partial charge in [0.2, 0.25) is 0 Å². The second kappa shape index (κ2) is 6.61. The molecule has 0 saturated carbocycles. The van der Waals surface area contributed by atoms with Gasteiger partial charge >= 0.3 is 10.1 Å². The Kier molecular flexibility index (Phi) is 4.98. The van der Waals surface area contributed by atoms with Crippen LogP contribution in [0.5, 0.6) is 5.75 Å². The zero-order chi connectivity index (χ0) is 17.1. The highest BCUT2D eigenvalue weighted by Gasteiger charge is 2.16. The van der Waals surface area contributed by atoms with Gasteiger partial charge in [0.1, 0.15) is 18.7 Å². The number of benzene rings is 2. The van der Waals surface area contributed by atoms with Crippen molar-refractivity contribution >= 4 is 18.2 Å².